The third-order valence-corrected chi connectivity index (χ3v) is 5.92. The number of nitrogens with zero attached hydrogens (tertiary/aromatic N) is 3. The molecule has 0 fully saturated rings. The van der Waals surface area contributed by atoms with Crippen LogP contribution >= 0.6 is 0 Å². The van der Waals surface area contributed by atoms with E-state index < -0.39 is 6.04 Å². The van der Waals surface area contributed by atoms with Gasteiger partial charge >= 0.3 is 6.03 Å². The Morgan fingerprint density at radius 1 is 0.941 bits per heavy atom. The first-order chi connectivity index (χ1) is 16.7. The lowest BCUT2D eigenvalue weighted by molar-refractivity contribution is 0.174. The van der Waals surface area contributed by atoms with Crippen molar-refractivity contribution in [2.75, 3.05) is 11.7 Å². The van der Waals surface area contributed by atoms with Crippen LogP contribution in [0.3, 0.4) is 0 Å². The zero-order valence-corrected chi connectivity index (χ0v) is 18.3. The van der Waals surface area contributed by atoms with Gasteiger partial charge in [0.15, 0.2) is 11.5 Å². The van der Waals surface area contributed by atoms with Gasteiger partial charge in [-0.05, 0) is 42.8 Å². The molecule has 2 aliphatic rings. The van der Waals surface area contributed by atoms with Gasteiger partial charge in [-0.1, -0.05) is 53.7 Å². The maximum absolute atomic E-state index is 13.2. The quantitative estimate of drug-likeness (QED) is 0.460. The van der Waals surface area contributed by atoms with Gasteiger partial charge in [0.05, 0.1) is 17.3 Å². The lowest BCUT2D eigenvalue weighted by Gasteiger charge is -2.35. The van der Waals surface area contributed by atoms with E-state index in [0.717, 1.165) is 22.4 Å². The summed E-state index contributed by atoms with van der Waals surface area (Å²) in [6, 6.07) is 24.0. The summed E-state index contributed by atoms with van der Waals surface area (Å²) < 4.78 is 16.6. The molecule has 3 heterocycles. The molecule has 4 aromatic rings. The molecule has 34 heavy (non-hydrogen) atoms. The predicted octanol–water partition coefficient (Wildman–Crippen LogP) is 5.17. The number of hydrogen-bond donors (Lipinski definition) is 1. The fourth-order valence-corrected chi connectivity index (χ4v) is 4.29. The van der Waals surface area contributed by atoms with Gasteiger partial charge in [0.1, 0.15) is 0 Å². The number of urea groups is 1. The van der Waals surface area contributed by atoms with Crippen LogP contribution in [0.25, 0.3) is 17.0 Å². The summed E-state index contributed by atoms with van der Waals surface area (Å²) in [6.07, 6.45) is 0. The van der Waals surface area contributed by atoms with Crippen LogP contribution in [0, 0.1) is 0 Å². The average Bonchev–Trinajstić information content (AvgIpc) is 3.54. The number of para-hydroxylation sites is 1. The second kappa shape index (κ2) is 8.08. The Hall–Kier alpha value is -4.59. The second-order valence-electron chi connectivity index (χ2n) is 7.95. The number of benzene rings is 3. The molecule has 8 heteroatoms. The predicted molar refractivity (Wildman–Crippen MR) is 125 cm³/mol. The highest BCUT2D eigenvalue weighted by molar-refractivity contribution is 6.01. The van der Waals surface area contributed by atoms with Crippen molar-refractivity contribution in [3.05, 3.63) is 96.0 Å². The molecule has 1 atom stereocenters. The van der Waals surface area contributed by atoms with Gasteiger partial charge in [-0.25, -0.2) is 4.79 Å². The Bertz CT molecular complexity index is 1400. The Balaban J connectivity index is 1.47. The number of fused-ring (bicyclic) bond motifs is 1. The molecule has 0 saturated carbocycles. The number of carbonyl (C=O) groups excluding carboxylic acids is 1. The molecule has 1 aromatic heterocycles. The van der Waals surface area contributed by atoms with E-state index in [-0.39, 0.29) is 12.8 Å². The maximum atomic E-state index is 13.2. The van der Waals surface area contributed by atoms with Crippen LogP contribution in [0.15, 0.2) is 89.1 Å². The summed E-state index contributed by atoms with van der Waals surface area (Å²) in [6.45, 7) is 2.08. The number of rotatable bonds is 4. The minimum Gasteiger partial charge on any atom is -0.454 e. The summed E-state index contributed by atoms with van der Waals surface area (Å²) in [7, 11) is 0. The van der Waals surface area contributed by atoms with Crippen molar-refractivity contribution in [1.29, 1.82) is 0 Å². The highest BCUT2D eigenvalue weighted by atomic mass is 16.7. The van der Waals surface area contributed by atoms with E-state index in [1.807, 2.05) is 85.8 Å². The molecule has 3 aromatic carbocycles. The van der Waals surface area contributed by atoms with Crippen LogP contribution in [-0.4, -0.2) is 23.0 Å². The summed E-state index contributed by atoms with van der Waals surface area (Å²) in [5.74, 6) is 2.08. The maximum Gasteiger partial charge on any atom is 0.326 e. The van der Waals surface area contributed by atoms with E-state index in [1.165, 1.54) is 0 Å². The summed E-state index contributed by atoms with van der Waals surface area (Å²) in [4.78, 5) is 19.5. The highest BCUT2D eigenvalue weighted by Gasteiger charge is 2.36. The van der Waals surface area contributed by atoms with Crippen molar-refractivity contribution in [3.8, 4) is 22.9 Å². The minimum absolute atomic E-state index is 0.191. The van der Waals surface area contributed by atoms with Crippen molar-refractivity contribution in [2.24, 2.45) is 0 Å². The molecular weight excluding hydrogens is 432 g/mol. The van der Waals surface area contributed by atoms with Crippen molar-refractivity contribution in [1.82, 2.24) is 15.5 Å². The van der Waals surface area contributed by atoms with E-state index in [4.69, 9.17) is 19.0 Å². The molecule has 6 rings (SSSR count). The van der Waals surface area contributed by atoms with Crippen LogP contribution in [-0.2, 0) is 0 Å². The number of allylic oxidation sites excluding steroid dienone is 1. The summed E-state index contributed by atoms with van der Waals surface area (Å²) in [5.41, 5.74) is 3.85. The van der Waals surface area contributed by atoms with Gasteiger partial charge in [0, 0.05) is 11.3 Å². The molecular formula is C26H20N4O4. The fourth-order valence-electron chi connectivity index (χ4n) is 4.29. The summed E-state index contributed by atoms with van der Waals surface area (Å²) >= 11 is 0. The van der Waals surface area contributed by atoms with Crippen LogP contribution in [0.1, 0.15) is 24.4 Å². The van der Waals surface area contributed by atoms with Gasteiger partial charge < -0.3 is 19.3 Å². The van der Waals surface area contributed by atoms with E-state index in [9.17, 15) is 4.79 Å². The highest BCUT2D eigenvalue weighted by Crippen LogP contribution is 2.40. The first-order valence-corrected chi connectivity index (χ1v) is 10.8. The lowest BCUT2D eigenvalue weighted by atomic mass is 9.94. The number of aromatic nitrogens is 2. The first kappa shape index (κ1) is 20.0. The first-order valence-electron chi connectivity index (χ1n) is 10.8. The van der Waals surface area contributed by atoms with Crippen LogP contribution in [0.2, 0.25) is 0 Å². The smallest absolute Gasteiger partial charge is 0.326 e. The van der Waals surface area contributed by atoms with Crippen molar-refractivity contribution < 1.29 is 18.8 Å². The largest absolute Gasteiger partial charge is 0.454 e. The molecule has 1 N–H and O–H groups in total. The number of hydrogen-bond acceptors (Lipinski definition) is 6. The standard InChI is InChI=1S/C26H20N4O4/c1-16-22(25-28-24(29-34-25)18-12-13-20-21(14-18)33-15-32-20)23(17-8-4-2-5-9-17)27-26(31)30(16)19-10-6-3-7-11-19/h2-14,23H,15H2,1H3,(H,27,31). The van der Waals surface area contributed by atoms with Gasteiger partial charge in [-0.2, -0.15) is 4.98 Å². The van der Waals surface area contributed by atoms with Gasteiger partial charge in [-0.3, -0.25) is 4.90 Å². The Morgan fingerprint density at radius 2 is 1.68 bits per heavy atom. The third kappa shape index (κ3) is 3.36. The molecule has 2 amide bonds. The zero-order chi connectivity index (χ0) is 23.1. The van der Waals surface area contributed by atoms with Gasteiger partial charge in [0.25, 0.3) is 5.89 Å². The van der Waals surface area contributed by atoms with Crippen molar-refractivity contribution >= 4 is 17.3 Å². The number of anilines is 1. The van der Waals surface area contributed by atoms with Crippen LogP contribution < -0.4 is 19.7 Å². The fraction of sp³-hybridized carbons (Fsp3) is 0.115. The Kier molecular flexibility index (Phi) is 4.76. The van der Waals surface area contributed by atoms with E-state index in [1.54, 1.807) is 4.90 Å². The normalized spacial score (nSPS) is 17.1. The number of nitrogens with one attached hydrogen (secondary N) is 1. The molecule has 0 radical (unpaired) electrons. The molecule has 1 unspecified atom stereocenters. The average molecular weight is 452 g/mol. The minimum atomic E-state index is -0.446. The lowest BCUT2D eigenvalue weighted by Crippen LogP contribution is -2.46. The van der Waals surface area contributed by atoms with Gasteiger partial charge in [0.2, 0.25) is 12.6 Å². The molecule has 0 aliphatic carbocycles. The molecule has 0 spiro atoms. The molecule has 0 bridgehead atoms. The second-order valence-corrected chi connectivity index (χ2v) is 7.95. The van der Waals surface area contributed by atoms with E-state index >= 15 is 0 Å². The molecule has 8 nitrogen and oxygen atoms in total. The number of amides is 2. The monoisotopic (exact) mass is 452 g/mol. The number of carbonyl (C=O) groups is 1. The van der Waals surface area contributed by atoms with E-state index in [2.05, 4.69) is 10.5 Å². The Morgan fingerprint density at radius 3 is 2.47 bits per heavy atom. The van der Waals surface area contributed by atoms with Crippen molar-refractivity contribution in [2.45, 2.75) is 13.0 Å². The van der Waals surface area contributed by atoms with Crippen LogP contribution in [0.4, 0.5) is 10.5 Å². The summed E-state index contributed by atoms with van der Waals surface area (Å²) in [5, 5.41) is 7.33. The van der Waals surface area contributed by atoms with Gasteiger partial charge in [-0.15, -0.1) is 0 Å². The SMILES string of the molecule is CC1=C(c2nc(-c3ccc4c(c3)OCO4)no2)C(c2ccccc2)NC(=O)N1c1ccccc1. The topological polar surface area (TPSA) is 89.7 Å². The zero-order valence-electron chi connectivity index (χ0n) is 18.3. The Labute approximate surface area is 195 Å². The third-order valence-electron chi connectivity index (χ3n) is 5.92. The number of ether oxygens (including phenoxy) is 2. The molecule has 168 valence electrons. The van der Waals surface area contributed by atoms with E-state index in [0.29, 0.717) is 28.9 Å². The molecule has 2 aliphatic heterocycles. The molecule has 0 saturated heterocycles. The van der Waals surface area contributed by atoms with Crippen molar-refractivity contribution in [3.63, 3.8) is 0 Å². The van der Waals surface area contributed by atoms with Crippen LogP contribution in [0.5, 0.6) is 11.5 Å².